The number of rotatable bonds is 8. The van der Waals surface area contributed by atoms with E-state index in [0.29, 0.717) is 17.1 Å². The van der Waals surface area contributed by atoms with Crippen molar-refractivity contribution in [2.75, 3.05) is 20.2 Å². The van der Waals surface area contributed by atoms with Gasteiger partial charge < -0.3 is 9.64 Å². The third kappa shape index (κ3) is 6.02. The lowest BCUT2D eigenvalue weighted by atomic mass is 10.1. The van der Waals surface area contributed by atoms with E-state index < -0.39 is 5.92 Å². The third-order valence-corrected chi connectivity index (χ3v) is 3.82. The number of methoxy groups -OCH3 is 1. The van der Waals surface area contributed by atoms with Gasteiger partial charge in [0.2, 0.25) is 5.91 Å². The second-order valence-electron chi connectivity index (χ2n) is 5.29. The molecule has 0 aliphatic rings. The predicted octanol–water partition coefficient (Wildman–Crippen LogP) is 2.96. The maximum absolute atomic E-state index is 12.2. The first-order chi connectivity index (χ1) is 10.9. The van der Waals surface area contributed by atoms with Crippen LogP contribution >= 0.6 is 11.6 Å². The van der Waals surface area contributed by atoms with Crippen LogP contribution < -0.4 is 0 Å². The Morgan fingerprint density at radius 3 is 2.30 bits per heavy atom. The summed E-state index contributed by atoms with van der Waals surface area (Å²) in [5, 5.41) is 0.562. The van der Waals surface area contributed by atoms with Gasteiger partial charge in [0.15, 0.2) is 5.78 Å². The predicted molar refractivity (Wildman–Crippen MR) is 88.5 cm³/mol. The van der Waals surface area contributed by atoms with E-state index in [4.69, 9.17) is 11.6 Å². The summed E-state index contributed by atoms with van der Waals surface area (Å²) in [6.45, 7) is 4.32. The molecule has 0 N–H and O–H groups in total. The summed E-state index contributed by atoms with van der Waals surface area (Å²) in [5.41, 5.74) is 0.535. The lowest BCUT2D eigenvalue weighted by molar-refractivity contribution is -0.146. The smallest absolute Gasteiger partial charge is 0.310 e. The Kier molecular flexibility index (Phi) is 7.75. The summed E-state index contributed by atoms with van der Waals surface area (Å²) < 4.78 is 4.66. The molecule has 1 unspecified atom stereocenters. The zero-order chi connectivity index (χ0) is 17.4. The number of esters is 1. The van der Waals surface area contributed by atoms with Crippen LogP contribution in [-0.4, -0.2) is 42.8 Å². The van der Waals surface area contributed by atoms with Crippen molar-refractivity contribution < 1.29 is 19.1 Å². The molecular weight excluding hydrogens is 318 g/mol. The number of benzene rings is 1. The summed E-state index contributed by atoms with van der Waals surface area (Å²) in [6.07, 6.45) is 0.243. The van der Waals surface area contributed by atoms with E-state index in [9.17, 15) is 14.4 Å². The van der Waals surface area contributed by atoms with Crippen LogP contribution in [0.1, 0.15) is 37.0 Å². The summed E-state index contributed by atoms with van der Waals surface area (Å²) in [4.78, 5) is 37.3. The largest absolute Gasteiger partial charge is 0.469 e. The first-order valence-corrected chi connectivity index (χ1v) is 7.91. The Bertz CT molecular complexity index is 556. The zero-order valence-electron chi connectivity index (χ0n) is 13.7. The Morgan fingerprint density at radius 1 is 1.17 bits per heavy atom. The molecule has 0 aliphatic carbocycles. The highest BCUT2D eigenvalue weighted by Crippen LogP contribution is 2.13. The standard InChI is InChI=1S/C17H22ClNO4/c1-4-19(11-12(2)17(22)23-3)16(21)10-9-15(20)13-5-7-14(18)8-6-13/h5-8,12H,4,9-11H2,1-3H3. The molecule has 1 aromatic rings. The molecule has 5 nitrogen and oxygen atoms in total. The lowest BCUT2D eigenvalue weighted by Gasteiger charge is -2.23. The van der Waals surface area contributed by atoms with Crippen LogP contribution in [-0.2, 0) is 14.3 Å². The van der Waals surface area contributed by atoms with E-state index in [-0.39, 0.29) is 37.0 Å². The Labute approximate surface area is 141 Å². The molecule has 0 spiro atoms. The average Bonchev–Trinajstić information content (AvgIpc) is 2.56. The summed E-state index contributed by atoms with van der Waals surface area (Å²) in [5.74, 6) is -0.998. The second kappa shape index (κ2) is 9.30. The van der Waals surface area contributed by atoms with Gasteiger partial charge in [0.1, 0.15) is 0 Å². The molecule has 1 atom stereocenters. The van der Waals surface area contributed by atoms with Crippen molar-refractivity contribution in [3.8, 4) is 0 Å². The average molecular weight is 340 g/mol. The Morgan fingerprint density at radius 2 is 1.78 bits per heavy atom. The Balaban J connectivity index is 2.54. The summed E-state index contributed by atoms with van der Waals surface area (Å²) in [6, 6.07) is 6.58. The number of hydrogen-bond donors (Lipinski definition) is 0. The molecule has 6 heteroatoms. The van der Waals surface area contributed by atoms with Gasteiger partial charge in [0, 0.05) is 36.5 Å². The van der Waals surface area contributed by atoms with Crippen molar-refractivity contribution in [3.63, 3.8) is 0 Å². The number of carbonyl (C=O) groups excluding carboxylic acids is 3. The molecule has 1 rings (SSSR count). The van der Waals surface area contributed by atoms with Crippen molar-refractivity contribution in [2.24, 2.45) is 5.92 Å². The number of ketones is 1. The quantitative estimate of drug-likeness (QED) is 0.539. The number of carbonyl (C=O) groups is 3. The van der Waals surface area contributed by atoms with Gasteiger partial charge >= 0.3 is 5.97 Å². The van der Waals surface area contributed by atoms with Crippen molar-refractivity contribution in [3.05, 3.63) is 34.9 Å². The van der Waals surface area contributed by atoms with Crippen molar-refractivity contribution in [1.82, 2.24) is 4.90 Å². The van der Waals surface area contributed by atoms with E-state index in [2.05, 4.69) is 4.74 Å². The van der Waals surface area contributed by atoms with Gasteiger partial charge in [-0.1, -0.05) is 18.5 Å². The molecule has 23 heavy (non-hydrogen) atoms. The molecule has 1 aromatic carbocycles. The van der Waals surface area contributed by atoms with E-state index in [1.807, 2.05) is 6.92 Å². The van der Waals surface area contributed by atoms with E-state index in [0.717, 1.165) is 0 Å². The van der Waals surface area contributed by atoms with Crippen molar-refractivity contribution in [1.29, 1.82) is 0 Å². The number of halogens is 1. The first kappa shape index (κ1) is 19.2. The molecule has 0 aromatic heterocycles. The molecule has 0 heterocycles. The second-order valence-corrected chi connectivity index (χ2v) is 5.72. The van der Waals surface area contributed by atoms with Crippen LogP contribution in [0.5, 0.6) is 0 Å². The van der Waals surface area contributed by atoms with Gasteiger partial charge in [0.25, 0.3) is 0 Å². The van der Waals surface area contributed by atoms with E-state index >= 15 is 0 Å². The molecule has 0 aliphatic heterocycles. The molecule has 0 bridgehead atoms. The molecule has 0 saturated carbocycles. The summed E-state index contributed by atoms with van der Waals surface area (Å²) in [7, 11) is 1.32. The Hall–Kier alpha value is -1.88. The van der Waals surface area contributed by atoms with Gasteiger partial charge in [0.05, 0.1) is 13.0 Å². The number of hydrogen-bond acceptors (Lipinski definition) is 4. The fraction of sp³-hybridized carbons (Fsp3) is 0.471. The van der Waals surface area contributed by atoms with Crippen LogP contribution in [0.4, 0.5) is 0 Å². The highest BCUT2D eigenvalue weighted by Gasteiger charge is 2.21. The van der Waals surface area contributed by atoms with E-state index in [1.54, 1.807) is 36.1 Å². The molecule has 0 radical (unpaired) electrons. The number of nitrogens with zero attached hydrogens (tertiary/aromatic N) is 1. The zero-order valence-corrected chi connectivity index (χ0v) is 14.4. The maximum atomic E-state index is 12.2. The number of ether oxygens (including phenoxy) is 1. The van der Waals surface area contributed by atoms with Gasteiger partial charge in [-0.2, -0.15) is 0 Å². The van der Waals surface area contributed by atoms with E-state index in [1.165, 1.54) is 7.11 Å². The van der Waals surface area contributed by atoms with Crippen LogP contribution in [0, 0.1) is 5.92 Å². The van der Waals surface area contributed by atoms with Crippen LogP contribution in [0.25, 0.3) is 0 Å². The van der Waals surface area contributed by atoms with Crippen LogP contribution in [0.15, 0.2) is 24.3 Å². The molecule has 0 fully saturated rings. The van der Waals surface area contributed by atoms with Crippen LogP contribution in [0.3, 0.4) is 0 Å². The van der Waals surface area contributed by atoms with Gasteiger partial charge in [-0.25, -0.2) is 0 Å². The van der Waals surface area contributed by atoms with Crippen molar-refractivity contribution in [2.45, 2.75) is 26.7 Å². The fourth-order valence-electron chi connectivity index (χ4n) is 2.17. The SMILES string of the molecule is CCN(CC(C)C(=O)OC)C(=O)CCC(=O)c1ccc(Cl)cc1. The minimum Gasteiger partial charge on any atom is -0.469 e. The summed E-state index contributed by atoms with van der Waals surface area (Å²) >= 11 is 5.78. The normalized spacial score (nSPS) is 11.7. The van der Waals surface area contributed by atoms with Gasteiger partial charge in [-0.05, 0) is 31.2 Å². The van der Waals surface area contributed by atoms with Gasteiger partial charge in [-0.3, -0.25) is 14.4 Å². The molecule has 126 valence electrons. The number of Topliss-reactive ketones (excluding diaryl/α,β-unsaturated/α-hetero) is 1. The third-order valence-electron chi connectivity index (χ3n) is 3.56. The molecular formula is C17H22ClNO4. The number of amides is 1. The molecule has 0 saturated heterocycles. The minimum atomic E-state index is -0.393. The van der Waals surface area contributed by atoms with Gasteiger partial charge in [-0.15, -0.1) is 0 Å². The lowest BCUT2D eigenvalue weighted by Crippen LogP contribution is -2.37. The highest BCUT2D eigenvalue weighted by atomic mass is 35.5. The topological polar surface area (TPSA) is 63.7 Å². The molecule has 1 amide bonds. The van der Waals surface area contributed by atoms with Crippen molar-refractivity contribution >= 4 is 29.3 Å². The van der Waals surface area contributed by atoms with Crippen LogP contribution in [0.2, 0.25) is 5.02 Å². The monoisotopic (exact) mass is 339 g/mol. The fourth-order valence-corrected chi connectivity index (χ4v) is 2.30. The maximum Gasteiger partial charge on any atom is 0.310 e. The highest BCUT2D eigenvalue weighted by molar-refractivity contribution is 6.30. The minimum absolute atomic E-state index is 0.105. The first-order valence-electron chi connectivity index (χ1n) is 7.53.